The Kier molecular flexibility index (Phi) is 3.85. The van der Waals surface area contributed by atoms with Crippen LogP contribution in [-0.4, -0.2) is 29.3 Å². The molecule has 0 spiro atoms. The molecule has 94 valence electrons. The molecule has 1 atom stereocenters. The number of hydrogen-bond acceptors (Lipinski definition) is 2. The van der Waals surface area contributed by atoms with Crippen molar-refractivity contribution in [2.75, 3.05) is 0 Å². The summed E-state index contributed by atoms with van der Waals surface area (Å²) in [5.41, 5.74) is 0. The molecule has 0 unspecified atom stereocenters. The van der Waals surface area contributed by atoms with E-state index in [9.17, 15) is 4.79 Å². The number of β-lactam (4-membered cyclic amide) rings is 1. The average Bonchev–Trinajstić information content (AvgIpc) is 1.98. The van der Waals surface area contributed by atoms with Crippen LogP contribution in [-0.2, 0) is 4.79 Å². The van der Waals surface area contributed by atoms with Gasteiger partial charge in [0.25, 0.3) is 0 Å². The number of carbonyl (C=O) groups excluding carboxylic acids is 1. The first-order valence-corrected chi connectivity index (χ1v) is 9.94. The highest BCUT2D eigenvalue weighted by Gasteiger charge is 2.51. The normalized spacial score (nSPS) is 22.6. The van der Waals surface area contributed by atoms with Crippen molar-refractivity contribution >= 4 is 25.9 Å². The van der Waals surface area contributed by atoms with Gasteiger partial charge in [-0.3, -0.25) is 4.79 Å². The summed E-state index contributed by atoms with van der Waals surface area (Å²) in [5.74, 6) is 0.366. The summed E-state index contributed by atoms with van der Waals surface area (Å²) in [6.45, 7) is 15.8. The predicted octanol–water partition coefficient (Wildman–Crippen LogP) is 3.69. The van der Waals surface area contributed by atoms with Crippen molar-refractivity contribution in [3.05, 3.63) is 0 Å². The summed E-state index contributed by atoms with van der Waals surface area (Å²) in [4.78, 5) is 11.9. The molecule has 16 heavy (non-hydrogen) atoms. The van der Waals surface area contributed by atoms with Crippen LogP contribution >= 0.6 is 11.8 Å². The van der Waals surface area contributed by atoms with Gasteiger partial charge in [0, 0.05) is 5.25 Å². The van der Waals surface area contributed by atoms with Gasteiger partial charge in [0.2, 0.25) is 5.91 Å². The molecule has 0 aromatic rings. The van der Waals surface area contributed by atoms with Crippen LogP contribution in [0.15, 0.2) is 0 Å². The minimum atomic E-state index is -1.65. The largest absolute Gasteiger partial charge is 0.357 e. The minimum Gasteiger partial charge on any atom is -0.357 e. The van der Waals surface area contributed by atoms with Gasteiger partial charge in [0.1, 0.15) is 0 Å². The Morgan fingerprint density at radius 1 is 1.38 bits per heavy atom. The van der Waals surface area contributed by atoms with Gasteiger partial charge >= 0.3 is 0 Å². The van der Waals surface area contributed by atoms with E-state index >= 15 is 0 Å². The highest BCUT2D eigenvalue weighted by atomic mass is 32.2. The minimum absolute atomic E-state index is 0.249. The van der Waals surface area contributed by atoms with Gasteiger partial charge in [0.05, 0.1) is 11.8 Å². The fraction of sp³-hybridized carbons (Fsp3) is 0.917. The molecule has 1 fully saturated rings. The molecule has 0 aromatic carbocycles. The number of nitrogens with zero attached hydrogens (tertiary/aromatic N) is 1. The van der Waals surface area contributed by atoms with Crippen LogP contribution in [0, 0.1) is 0 Å². The highest BCUT2D eigenvalue weighted by Crippen LogP contribution is 2.45. The smallest absolute Gasteiger partial charge is 0.218 e. The van der Waals surface area contributed by atoms with E-state index in [4.69, 9.17) is 0 Å². The van der Waals surface area contributed by atoms with Crippen molar-refractivity contribution in [3.63, 3.8) is 0 Å². The molecule has 2 nitrogen and oxygen atoms in total. The molecule has 1 aliphatic heterocycles. The Labute approximate surface area is 105 Å². The van der Waals surface area contributed by atoms with Crippen molar-refractivity contribution in [2.24, 2.45) is 0 Å². The van der Waals surface area contributed by atoms with Crippen LogP contribution in [0.25, 0.3) is 0 Å². The van der Waals surface area contributed by atoms with Gasteiger partial charge in [-0.25, -0.2) is 0 Å². The maximum atomic E-state index is 11.9. The van der Waals surface area contributed by atoms with E-state index < -0.39 is 8.24 Å². The van der Waals surface area contributed by atoms with E-state index in [0.717, 1.165) is 6.42 Å². The first-order valence-electron chi connectivity index (χ1n) is 6.05. The zero-order valence-corrected chi connectivity index (χ0v) is 13.4. The summed E-state index contributed by atoms with van der Waals surface area (Å²) in [7, 11) is -1.65. The Hall–Kier alpha value is 0.0369. The molecule has 1 saturated heterocycles. The van der Waals surface area contributed by atoms with Gasteiger partial charge in [-0.15, -0.1) is 11.8 Å². The zero-order valence-electron chi connectivity index (χ0n) is 11.6. The third-order valence-corrected chi connectivity index (χ3v) is 10.6. The van der Waals surface area contributed by atoms with E-state index in [1.54, 1.807) is 0 Å². The topological polar surface area (TPSA) is 20.3 Å². The Morgan fingerprint density at radius 3 is 2.19 bits per heavy atom. The summed E-state index contributed by atoms with van der Waals surface area (Å²) in [6.07, 6.45) is 0.745. The molecule has 0 saturated carbocycles. The second-order valence-corrected chi connectivity index (χ2v) is 13.3. The van der Waals surface area contributed by atoms with Gasteiger partial charge in [-0.05, 0) is 5.04 Å². The fourth-order valence-electron chi connectivity index (χ4n) is 1.84. The molecular weight excluding hydrogens is 234 g/mol. The number of carbonyl (C=O) groups is 1. The molecule has 0 bridgehead atoms. The third kappa shape index (κ3) is 2.48. The van der Waals surface area contributed by atoms with Gasteiger partial charge < -0.3 is 4.57 Å². The SMILES string of the molecule is CC(C)S[C@@H]1CC(=O)N1[Si](C)(C)C(C)(C)C. The highest BCUT2D eigenvalue weighted by molar-refractivity contribution is 8.00. The molecule has 1 heterocycles. The number of rotatable bonds is 3. The Bertz CT molecular complexity index is 283. The Morgan fingerprint density at radius 2 is 1.88 bits per heavy atom. The van der Waals surface area contributed by atoms with E-state index in [-0.39, 0.29) is 5.04 Å². The molecule has 0 aliphatic carbocycles. The maximum Gasteiger partial charge on any atom is 0.218 e. The predicted molar refractivity (Wildman–Crippen MR) is 75.2 cm³/mol. The lowest BCUT2D eigenvalue weighted by Gasteiger charge is -2.54. The molecule has 1 amide bonds. The van der Waals surface area contributed by atoms with Crippen LogP contribution < -0.4 is 0 Å². The van der Waals surface area contributed by atoms with Crippen LogP contribution in [0.3, 0.4) is 0 Å². The van der Waals surface area contributed by atoms with Gasteiger partial charge in [-0.1, -0.05) is 47.7 Å². The first-order chi connectivity index (χ1) is 7.07. The van der Waals surface area contributed by atoms with E-state index in [1.165, 1.54) is 0 Å². The van der Waals surface area contributed by atoms with Crippen LogP contribution in [0.4, 0.5) is 0 Å². The monoisotopic (exact) mass is 259 g/mol. The lowest BCUT2D eigenvalue weighted by molar-refractivity contribution is -0.135. The van der Waals surface area contributed by atoms with Crippen LogP contribution in [0.5, 0.6) is 0 Å². The standard InChI is InChI=1S/C12H25NOSSi/c1-9(2)15-11-8-10(14)13(11)16(6,7)12(3,4)5/h9,11H,8H2,1-7H3/t11-/m1/s1. The molecule has 4 heteroatoms. The number of hydrogen-bond donors (Lipinski definition) is 0. The molecule has 0 N–H and O–H groups in total. The molecular formula is C12H25NOSSi. The molecule has 0 aromatic heterocycles. The lowest BCUT2D eigenvalue weighted by atomic mass is 10.2. The fourth-order valence-corrected chi connectivity index (χ4v) is 6.17. The van der Waals surface area contributed by atoms with Crippen molar-refractivity contribution < 1.29 is 4.79 Å². The van der Waals surface area contributed by atoms with Crippen LogP contribution in [0.1, 0.15) is 41.0 Å². The summed E-state index contributed by atoms with van der Waals surface area (Å²) in [6, 6.07) is 0. The van der Waals surface area contributed by atoms with E-state index in [2.05, 4.69) is 52.3 Å². The van der Waals surface area contributed by atoms with Crippen molar-refractivity contribution in [1.29, 1.82) is 0 Å². The van der Waals surface area contributed by atoms with Crippen LogP contribution in [0.2, 0.25) is 18.1 Å². The van der Waals surface area contributed by atoms with Gasteiger partial charge in [0.15, 0.2) is 8.24 Å². The quantitative estimate of drug-likeness (QED) is 0.569. The number of amides is 1. The maximum absolute atomic E-state index is 11.9. The lowest BCUT2D eigenvalue weighted by Crippen LogP contribution is -2.67. The second kappa shape index (κ2) is 4.37. The Balaban J connectivity index is 2.81. The average molecular weight is 259 g/mol. The summed E-state index contributed by atoms with van der Waals surface area (Å²) in [5, 5.41) is 1.29. The first kappa shape index (κ1) is 14.1. The van der Waals surface area contributed by atoms with E-state index in [1.807, 2.05) is 11.8 Å². The molecule has 0 radical (unpaired) electrons. The third-order valence-electron chi connectivity index (χ3n) is 3.77. The summed E-state index contributed by atoms with van der Waals surface area (Å²) >= 11 is 1.94. The molecule has 1 aliphatic rings. The zero-order chi connectivity index (χ0) is 12.7. The molecule has 1 rings (SSSR count). The van der Waals surface area contributed by atoms with Crippen molar-refractivity contribution in [3.8, 4) is 0 Å². The van der Waals surface area contributed by atoms with Gasteiger partial charge in [-0.2, -0.15) is 0 Å². The summed E-state index contributed by atoms with van der Waals surface area (Å²) < 4.78 is 2.22. The number of thioether (sulfide) groups is 1. The second-order valence-electron chi connectivity index (χ2n) is 6.42. The van der Waals surface area contributed by atoms with Crippen molar-refractivity contribution in [2.45, 2.75) is 69.8 Å². The van der Waals surface area contributed by atoms with Crippen molar-refractivity contribution in [1.82, 2.24) is 4.57 Å². The van der Waals surface area contributed by atoms with E-state index in [0.29, 0.717) is 16.5 Å².